The van der Waals surface area contributed by atoms with E-state index in [1.165, 1.54) is 0 Å². The number of carbonyl (C=O) groups excluding carboxylic acids is 1. The van der Waals surface area contributed by atoms with Crippen molar-refractivity contribution in [3.05, 3.63) is 0 Å². The van der Waals surface area contributed by atoms with Gasteiger partial charge in [0.2, 0.25) is 5.91 Å². The minimum Gasteiger partial charge on any atom is -0.480 e. The Kier molecular flexibility index (Phi) is 7.68. The van der Waals surface area contributed by atoms with Crippen LogP contribution in [0.5, 0.6) is 0 Å². The molecule has 0 aromatic carbocycles. The van der Waals surface area contributed by atoms with Crippen molar-refractivity contribution in [2.24, 2.45) is 0 Å². The zero-order valence-electron chi connectivity index (χ0n) is 9.58. The molecule has 88 valence electrons. The first kappa shape index (κ1) is 13.9. The molecule has 2 N–H and O–H groups in total. The second-order valence-corrected chi connectivity index (χ2v) is 3.70. The van der Waals surface area contributed by atoms with Gasteiger partial charge in [0.25, 0.3) is 0 Å². The summed E-state index contributed by atoms with van der Waals surface area (Å²) in [5.41, 5.74) is 0. The van der Waals surface area contributed by atoms with Gasteiger partial charge in [-0.2, -0.15) is 0 Å². The quantitative estimate of drug-likeness (QED) is 0.608. The van der Waals surface area contributed by atoms with Crippen molar-refractivity contribution in [3.63, 3.8) is 0 Å². The average molecular weight is 215 g/mol. The Morgan fingerprint density at radius 3 is 2.33 bits per heavy atom. The van der Waals surface area contributed by atoms with Crippen LogP contribution in [-0.2, 0) is 9.59 Å². The van der Waals surface area contributed by atoms with Crippen LogP contribution in [-0.4, -0.2) is 23.0 Å². The molecule has 0 aliphatic carbocycles. The lowest BCUT2D eigenvalue weighted by Gasteiger charge is -2.13. The summed E-state index contributed by atoms with van der Waals surface area (Å²) in [5, 5.41) is 11.4. The van der Waals surface area contributed by atoms with E-state index in [2.05, 4.69) is 12.2 Å². The summed E-state index contributed by atoms with van der Waals surface area (Å²) < 4.78 is 0. The molecule has 1 atom stereocenters. The minimum absolute atomic E-state index is 0.165. The molecule has 0 aliphatic heterocycles. The number of rotatable bonds is 8. The summed E-state index contributed by atoms with van der Waals surface area (Å²) in [6, 6.07) is -0.712. The summed E-state index contributed by atoms with van der Waals surface area (Å²) in [6.45, 7) is 3.96. The van der Waals surface area contributed by atoms with Crippen LogP contribution in [0.2, 0.25) is 0 Å². The van der Waals surface area contributed by atoms with E-state index in [0.29, 0.717) is 12.8 Å². The number of unbranched alkanes of at least 4 members (excludes halogenated alkanes) is 2. The average Bonchev–Trinajstić information content (AvgIpc) is 2.16. The number of carboxylic acids is 1. The van der Waals surface area contributed by atoms with Gasteiger partial charge in [0.15, 0.2) is 0 Å². The Bertz CT molecular complexity index is 204. The Hall–Kier alpha value is -1.06. The van der Waals surface area contributed by atoms with Crippen molar-refractivity contribution in [2.75, 3.05) is 0 Å². The number of aliphatic carboxylic acids is 1. The van der Waals surface area contributed by atoms with Gasteiger partial charge >= 0.3 is 5.97 Å². The summed E-state index contributed by atoms with van der Waals surface area (Å²) in [7, 11) is 0. The first-order valence-corrected chi connectivity index (χ1v) is 5.64. The number of amides is 1. The van der Waals surface area contributed by atoms with Gasteiger partial charge in [-0.3, -0.25) is 4.79 Å². The molecule has 0 spiro atoms. The monoisotopic (exact) mass is 215 g/mol. The molecular weight excluding hydrogens is 194 g/mol. The Morgan fingerprint density at radius 1 is 1.20 bits per heavy atom. The standard InChI is InChI=1S/C11H21NO3/c1-3-5-6-8-9(11(14)15)12-10(13)7-4-2/h9H,3-8H2,1-2H3,(H,12,13)(H,14,15). The Balaban J connectivity index is 3.93. The van der Waals surface area contributed by atoms with E-state index < -0.39 is 12.0 Å². The summed E-state index contributed by atoms with van der Waals surface area (Å²) >= 11 is 0. The second-order valence-electron chi connectivity index (χ2n) is 3.70. The van der Waals surface area contributed by atoms with Crippen molar-refractivity contribution >= 4 is 11.9 Å². The number of hydrogen-bond donors (Lipinski definition) is 2. The smallest absolute Gasteiger partial charge is 0.326 e. The molecule has 4 nitrogen and oxygen atoms in total. The highest BCUT2D eigenvalue weighted by Gasteiger charge is 2.18. The number of carboxylic acid groups (broad SMARTS) is 1. The molecule has 15 heavy (non-hydrogen) atoms. The minimum atomic E-state index is -0.935. The summed E-state index contributed by atoms with van der Waals surface area (Å²) in [4.78, 5) is 22.0. The normalized spacial score (nSPS) is 12.1. The number of hydrogen-bond acceptors (Lipinski definition) is 2. The lowest BCUT2D eigenvalue weighted by atomic mass is 10.1. The highest BCUT2D eigenvalue weighted by atomic mass is 16.4. The van der Waals surface area contributed by atoms with Gasteiger partial charge < -0.3 is 10.4 Å². The fraction of sp³-hybridized carbons (Fsp3) is 0.818. The molecule has 0 saturated heterocycles. The molecule has 0 heterocycles. The third kappa shape index (κ3) is 6.94. The molecule has 0 aromatic heterocycles. The van der Waals surface area contributed by atoms with E-state index in [1.807, 2.05) is 6.92 Å². The third-order valence-electron chi connectivity index (χ3n) is 2.21. The van der Waals surface area contributed by atoms with Crippen LogP contribution in [0.1, 0.15) is 52.4 Å². The summed E-state index contributed by atoms with van der Waals surface area (Å²) in [5.74, 6) is -1.10. The van der Waals surface area contributed by atoms with E-state index in [-0.39, 0.29) is 5.91 Å². The van der Waals surface area contributed by atoms with Gasteiger partial charge in [-0.05, 0) is 12.8 Å². The van der Waals surface area contributed by atoms with Gasteiger partial charge in [0, 0.05) is 6.42 Å². The maximum absolute atomic E-state index is 11.2. The van der Waals surface area contributed by atoms with Gasteiger partial charge in [-0.25, -0.2) is 4.79 Å². The molecule has 0 aliphatic rings. The molecule has 0 aromatic rings. The van der Waals surface area contributed by atoms with Crippen LogP contribution in [0, 0.1) is 0 Å². The van der Waals surface area contributed by atoms with Crippen LogP contribution >= 0.6 is 0 Å². The lowest BCUT2D eigenvalue weighted by molar-refractivity contribution is -0.142. The first-order valence-electron chi connectivity index (χ1n) is 5.64. The van der Waals surface area contributed by atoms with Crippen LogP contribution in [0.25, 0.3) is 0 Å². The largest absolute Gasteiger partial charge is 0.480 e. The molecule has 0 saturated carbocycles. The van der Waals surface area contributed by atoms with Gasteiger partial charge in [0.1, 0.15) is 6.04 Å². The highest BCUT2D eigenvalue weighted by molar-refractivity contribution is 5.83. The highest BCUT2D eigenvalue weighted by Crippen LogP contribution is 2.04. The van der Waals surface area contributed by atoms with E-state index in [1.54, 1.807) is 0 Å². The maximum Gasteiger partial charge on any atom is 0.326 e. The van der Waals surface area contributed by atoms with Gasteiger partial charge in [0.05, 0.1) is 0 Å². The molecule has 0 bridgehead atoms. The van der Waals surface area contributed by atoms with Crippen molar-refractivity contribution < 1.29 is 14.7 Å². The van der Waals surface area contributed by atoms with Crippen LogP contribution < -0.4 is 5.32 Å². The Labute approximate surface area is 91.1 Å². The molecule has 1 unspecified atom stereocenters. The number of carbonyl (C=O) groups is 2. The van der Waals surface area contributed by atoms with Crippen molar-refractivity contribution in [2.45, 2.75) is 58.4 Å². The molecule has 1 amide bonds. The second kappa shape index (κ2) is 8.26. The predicted octanol–water partition coefficient (Wildman–Crippen LogP) is 1.94. The topological polar surface area (TPSA) is 66.4 Å². The van der Waals surface area contributed by atoms with Crippen LogP contribution in [0.3, 0.4) is 0 Å². The first-order chi connectivity index (χ1) is 7.11. The van der Waals surface area contributed by atoms with Crippen LogP contribution in [0.4, 0.5) is 0 Å². The lowest BCUT2D eigenvalue weighted by Crippen LogP contribution is -2.40. The molecule has 4 heteroatoms. The SMILES string of the molecule is CCCCCC(NC(=O)CCC)C(=O)O. The van der Waals surface area contributed by atoms with E-state index in [0.717, 1.165) is 25.7 Å². The van der Waals surface area contributed by atoms with Gasteiger partial charge in [-0.15, -0.1) is 0 Å². The number of nitrogens with one attached hydrogen (secondary N) is 1. The fourth-order valence-electron chi connectivity index (χ4n) is 1.35. The van der Waals surface area contributed by atoms with Crippen molar-refractivity contribution in [1.82, 2.24) is 5.32 Å². The summed E-state index contributed by atoms with van der Waals surface area (Å²) in [6.07, 6.45) is 4.58. The molecular formula is C11H21NO3. The van der Waals surface area contributed by atoms with Crippen molar-refractivity contribution in [1.29, 1.82) is 0 Å². The van der Waals surface area contributed by atoms with Crippen molar-refractivity contribution in [3.8, 4) is 0 Å². The van der Waals surface area contributed by atoms with E-state index >= 15 is 0 Å². The zero-order chi connectivity index (χ0) is 11.7. The van der Waals surface area contributed by atoms with E-state index in [9.17, 15) is 9.59 Å². The maximum atomic E-state index is 11.2. The fourth-order valence-corrected chi connectivity index (χ4v) is 1.35. The van der Waals surface area contributed by atoms with Gasteiger partial charge in [-0.1, -0.05) is 33.1 Å². The van der Waals surface area contributed by atoms with E-state index in [4.69, 9.17) is 5.11 Å². The zero-order valence-corrected chi connectivity index (χ0v) is 9.58. The Morgan fingerprint density at radius 2 is 1.87 bits per heavy atom. The molecule has 0 radical (unpaired) electrons. The molecule has 0 rings (SSSR count). The molecule has 0 fully saturated rings. The third-order valence-corrected chi connectivity index (χ3v) is 2.21. The predicted molar refractivity (Wildman–Crippen MR) is 58.6 cm³/mol. The van der Waals surface area contributed by atoms with Crippen LogP contribution in [0.15, 0.2) is 0 Å².